The molecule has 0 saturated heterocycles. The van der Waals surface area contributed by atoms with E-state index in [0.717, 1.165) is 28.1 Å². The summed E-state index contributed by atoms with van der Waals surface area (Å²) in [5, 5.41) is 20.5. The third-order valence-corrected chi connectivity index (χ3v) is 6.06. The van der Waals surface area contributed by atoms with E-state index in [-0.39, 0.29) is 5.76 Å². The van der Waals surface area contributed by atoms with E-state index in [1.54, 1.807) is 0 Å². The van der Waals surface area contributed by atoms with Crippen LogP contribution in [0.25, 0.3) is 16.8 Å². The van der Waals surface area contributed by atoms with Gasteiger partial charge in [-0.25, -0.2) is 4.98 Å². The molecule has 0 unspecified atom stereocenters. The van der Waals surface area contributed by atoms with Crippen LogP contribution in [0.1, 0.15) is 15.4 Å². The molecule has 0 saturated carbocycles. The van der Waals surface area contributed by atoms with Gasteiger partial charge in [0, 0.05) is 22.0 Å². The predicted molar refractivity (Wildman–Crippen MR) is 116 cm³/mol. The van der Waals surface area contributed by atoms with Gasteiger partial charge >= 0.3 is 0 Å². The zero-order valence-corrected chi connectivity index (χ0v) is 17.0. The Morgan fingerprint density at radius 1 is 1.14 bits per heavy atom. The lowest BCUT2D eigenvalue weighted by Gasteiger charge is -2.18. The van der Waals surface area contributed by atoms with Crippen molar-refractivity contribution in [3.05, 3.63) is 80.8 Å². The third kappa shape index (κ3) is 3.68. The Kier molecular flexibility index (Phi) is 5.20. The summed E-state index contributed by atoms with van der Waals surface area (Å²) in [5.41, 5.74) is 3.66. The van der Waals surface area contributed by atoms with Gasteiger partial charge in [-0.1, -0.05) is 54.1 Å². The van der Waals surface area contributed by atoms with Gasteiger partial charge in [0.25, 0.3) is 0 Å². The normalized spacial score (nSPS) is 14.2. The van der Waals surface area contributed by atoms with Gasteiger partial charge in [-0.05, 0) is 31.0 Å². The van der Waals surface area contributed by atoms with Crippen molar-refractivity contribution in [1.82, 2.24) is 9.88 Å². The minimum absolute atomic E-state index is 0.217. The molecule has 1 aliphatic heterocycles. The average Bonchev–Trinajstić information content (AvgIpc) is 3.21. The van der Waals surface area contributed by atoms with Crippen molar-refractivity contribution < 1.29 is 5.11 Å². The molecule has 4 rings (SSSR count). The predicted octanol–water partition coefficient (Wildman–Crippen LogP) is 5.58. The first-order chi connectivity index (χ1) is 13.5. The fourth-order valence-corrected chi connectivity index (χ4v) is 4.46. The Morgan fingerprint density at radius 3 is 2.57 bits per heavy atom. The molecule has 2 aromatic carbocycles. The van der Waals surface area contributed by atoms with Gasteiger partial charge in [0.1, 0.15) is 16.6 Å². The Labute approximate surface area is 173 Å². The van der Waals surface area contributed by atoms with Crippen molar-refractivity contribution in [3.63, 3.8) is 0 Å². The van der Waals surface area contributed by atoms with E-state index < -0.39 is 0 Å². The number of aryl methyl sites for hydroxylation is 1. The van der Waals surface area contributed by atoms with Gasteiger partial charge in [0.15, 0.2) is 0 Å². The second-order valence-corrected chi connectivity index (χ2v) is 8.40. The van der Waals surface area contributed by atoms with E-state index in [1.807, 2.05) is 66.4 Å². The number of nitrogens with zero attached hydrogens (tertiary/aromatic N) is 2. The third-order valence-electron chi connectivity index (χ3n) is 4.82. The first kappa shape index (κ1) is 18.7. The lowest BCUT2D eigenvalue weighted by atomic mass is 10.1. The molecule has 2 N–H and O–H groups in total. The molecule has 0 amide bonds. The Bertz CT molecular complexity index is 1040. The summed E-state index contributed by atoms with van der Waals surface area (Å²) in [6.45, 7) is 3.03. The van der Waals surface area contributed by atoms with Crippen LogP contribution in [0.15, 0.2) is 60.4 Å². The number of halogens is 1. The Hall–Kier alpha value is -2.63. The van der Waals surface area contributed by atoms with E-state index in [4.69, 9.17) is 22.0 Å². The highest BCUT2D eigenvalue weighted by Gasteiger charge is 2.30. The molecule has 0 spiro atoms. The van der Waals surface area contributed by atoms with Crippen LogP contribution < -0.4 is 0 Å². The van der Waals surface area contributed by atoms with Gasteiger partial charge in [-0.15, -0.1) is 11.3 Å². The minimum atomic E-state index is 0.217. The van der Waals surface area contributed by atoms with E-state index in [9.17, 15) is 5.11 Å². The van der Waals surface area contributed by atoms with Gasteiger partial charge in [0.05, 0.1) is 17.8 Å². The Balaban J connectivity index is 1.52. The molecule has 2 heterocycles. The van der Waals surface area contributed by atoms with Crippen LogP contribution in [-0.4, -0.2) is 33.9 Å². The lowest BCUT2D eigenvalue weighted by molar-refractivity contribution is 0.351. The van der Waals surface area contributed by atoms with Crippen LogP contribution in [0.4, 0.5) is 0 Å². The number of hydrogen-bond acceptors (Lipinski definition) is 4. The standard InChI is InChI=1S/C22H20ClN3OS/c1-14-20(16-5-3-2-4-6-16)25-22(28-14)19-18(27)13-26(21(19)24)12-11-15-7-9-17(23)10-8-15/h2-10,24,27H,11-13H2,1H3. The lowest BCUT2D eigenvalue weighted by Crippen LogP contribution is -2.28. The second-order valence-electron chi connectivity index (χ2n) is 6.76. The van der Waals surface area contributed by atoms with Crippen LogP contribution in [0.2, 0.25) is 5.02 Å². The molecule has 6 heteroatoms. The van der Waals surface area contributed by atoms with Crippen LogP contribution in [0.5, 0.6) is 0 Å². The second kappa shape index (κ2) is 7.78. The first-order valence-corrected chi connectivity index (χ1v) is 10.3. The summed E-state index contributed by atoms with van der Waals surface area (Å²) < 4.78 is 0. The summed E-state index contributed by atoms with van der Waals surface area (Å²) in [5.74, 6) is 0.550. The fourth-order valence-electron chi connectivity index (χ4n) is 3.33. The van der Waals surface area contributed by atoms with Crippen molar-refractivity contribution in [3.8, 4) is 11.3 Å². The highest BCUT2D eigenvalue weighted by Crippen LogP contribution is 2.35. The number of thiazole rings is 1. The number of hydrogen-bond donors (Lipinski definition) is 2. The number of aliphatic hydroxyl groups is 1. The summed E-state index contributed by atoms with van der Waals surface area (Å²) in [4.78, 5) is 7.71. The molecule has 0 bridgehead atoms. The monoisotopic (exact) mass is 409 g/mol. The number of rotatable bonds is 5. The first-order valence-electron chi connectivity index (χ1n) is 9.06. The van der Waals surface area contributed by atoms with E-state index in [2.05, 4.69) is 0 Å². The van der Waals surface area contributed by atoms with Crippen molar-refractivity contribution in [1.29, 1.82) is 5.41 Å². The molecule has 0 aliphatic carbocycles. The summed E-state index contributed by atoms with van der Waals surface area (Å²) >= 11 is 7.46. The molecular weight excluding hydrogens is 390 g/mol. The number of benzene rings is 2. The summed E-state index contributed by atoms with van der Waals surface area (Å²) in [6, 6.07) is 17.7. The zero-order chi connectivity index (χ0) is 19.7. The maximum Gasteiger partial charge on any atom is 0.135 e. The van der Waals surface area contributed by atoms with Crippen molar-refractivity contribution in [2.45, 2.75) is 13.3 Å². The molecule has 0 radical (unpaired) electrons. The average molecular weight is 410 g/mol. The van der Waals surface area contributed by atoms with Crippen LogP contribution >= 0.6 is 22.9 Å². The van der Waals surface area contributed by atoms with Crippen molar-refractivity contribution >= 4 is 34.3 Å². The highest BCUT2D eigenvalue weighted by atomic mass is 35.5. The van der Waals surface area contributed by atoms with Crippen LogP contribution in [0.3, 0.4) is 0 Å². The SMILES string of the molecule is Cc1sc(C2=C(O)CN(CCc3ccc(Cl)cc3)C2=N)nc1-c1ccccc1. The highest BCUT2D eigenvalue weighted by molar-refractivity contribution is 7.13. The Morgan fingerprint density at radius 2 is 1.86 bits per heavy atom. The molecule has 3 aromatic rings. The van der Waals surface area contributed by atoms with Gasteiger partial charge < -0.3 is 10.0 Å². The largest absolute Gasteiger partial charge is 0.510 e. The molecule has 4 nitrogen and oxygen atoms in total. The maximum absolute atomic E-state index is 10.5. The van der Waals surface area contributed by atoms with Crippen molar-refractivity contribution in [2.24, 2.45) is 0 Å². The van der Waals surface area contributed by atoms with Gasteiger partial charge in [0.2, 0.25) is 0 Å². The molecular formula is C22H20ClN3OS. The van der Waals surface area contributed by atoms with E-state index in [1.165, 1.54) is 11.3 Å². The summed E-state index contributed by atoms with van der Waals surface area (Å²) in [6.07, 6.45) is 0.784. The maximum atomic E-state index is 10.5. The summed E-state index contributed by atoms with van der Waals surface area (Å²) in [7, 11) is 0. The zero-order valence-electron chi connectivity index (χ0n) is 15.4. The van der Waals surface area contributed by atoms with Crippen LogP contribution in [-0.2, 0) is 6.42 Å². The van der Waals surface area contributed by atoms with Crippen molar-refractivity contribution in [2.75, 3.05) is 13.1 Å². The minimum Gasteiger partial charge on any atom is -0.510 e. The van der Waals surface area contributed by atoms with E-state index in [0.29, 0.717) is 34.5 Å². The molecule has 0 fully saturated rings. The number of aromatic nitrogens is 1. The van der Waals surface area contributed by atoms with E-state index >= 15 is 0 Å². The number of aliphatic hydroxyl groups excluding tert-OH is 1. The van der Waals surface area contributed by atoms with Gasteiger partial charge in [-0.3, -0.25) is 5.41 Å². The molecule has 1 aromatic heterocycles. The fraction of sp³-hybridized carbons (Fsp3) is 0.182. The molecule has 0 atom stereocenters. The smallest absolute Gasteiger partial charge is 0.135 e. The van der Waals surface area contributed by atoms with Gasteiger partial charge in [-0.2, -0.15) is 0 Å². The van der Waals surface area contributed by atoms with Crippen LogP contribution in [0, 0.1) is 12.3 Å². The molecule has 142 valence electrons. The molecule has 1 aliphatic rings. The quantitative estimate of drug-likeness (QED) is 0.578. The number of amidine groups is 1. The molecule has 28 heavy (non-hydrogen) atoms. The number of nitrogens with one attached hydrogen (secondary N) is 1. The topological polar surface area (TPSA) is 60.2 Å².